The third kappa shape index (κ3) is 4.70. The molecule has 1 aromatic rings. The molecule has 0 heterocycles. The van der Waals surface area contributed by atoms with E-state index < -0.39 is 9.84 Å². The molecule has 23 heavy (non-hydrogen) atoms. The Morgan fingerprint density at radius 3 is 2.26 bits per heavy atom. The summed E-state index contributed by atoms with van der Waals surface area (Å²) in [5.41, 5.74) is 0.891. The first-order valence-corrected chi connectivity index (χ1v) is 10.0. The zero-order valence-electron chi connectivity index (χ0n) is 14.1. The molecule has 2 rings (SSSR count). The molecule has 0 aromatic heterocycles. The molecule has 0 spiro atoms. The largest absolute Gasteiger partial charge is 0.331 e. The lowest BCUT2D eigenvalue weighted by Gasteiger charge is -2.32. The molecule has 0 aliphatic heterocycles. The Bertz CT molecular complexity index is 634. The number of rotatable bonds is 4. The lowest BCUT2D eigenvalue weighted by Crippen LogP contribution is -2.45. The van der Waals surface area contributed by atoms with Gasteiger partial charge in [-0.25, -0.2) is 13.2 Å². The predicted molar refractivity (Wildman–Crippen MR) is 91.1 cm³/mol. The zero-order valence-corrected chi connectivity index (χ0v) is 14.9. The van der Waals surface area contributed by atoms with E-state index in [9.17, 15) is 13.2 Å². The number of sulfone groups is 1. The summed E-state index contributed by atoms with van der Waals surface area (Å²) in [4.78, 5) is 14.5. The van der Waals surface area contributed by atoms with Crippen LogP contribution in [0.4, 0.5) is 4.79 Å². The van der Waals surface area contributed by atoms with Crippen LogP contribution >= 0.6 is 0 Å². The molecule has 0 radical (unpaired) electrons. The van der Waals surface area contributed by atoms with Gasteiger partial charge in [0, 0.05) is 19.3 Å². The van der Waals surface area contributed by atoms with Gasteiger partial charge in [0.15, 0.2) is 9.84 Å². The molecule has 1 aliphatic rings. The summed E-state index contributed by atoms with van der Waals surface area (Å²) in [5.74, 6) is 0. The lowest BCUT2D eigenvalue weighted by atomic mass is 9.95. The van der Waals surface area contributed by atoms with Crippen LogP contribution in [-0.4, -0.2) is 38.7 Å². The second-order valence-corrected chi connectivity index (χ2v) is 8.43. The summed E-state index contributed by atoms with van der Waals surface area (Å²) in [6.07, 6.45) is 6.96. The van der Waals surface area contributed by atoms with E-state index in [4.69, 9.17) is 0 Å². The fraction of sp³-hybridized carbons (Fsp3) is 0.588. The minimum Gasteiger partial charge on any atom is -0.331 e. The Morgan fingerprint density at radius 1 is 1.17 bits per heavy atom. The molecule has 1 saturated carbocycles. The first kappa shape index (κ1) is 17.8. The van der Waals surface area contributed by atoms with Crippen molar-refractivity contribution in [1.29, 1.82) is 0 Å². The molecule has 2 amide bonds. The average molecular weight is 338 g/mol. The quantitative estimate of drug-likeness (QED) is 0.917. The molecule has 0 bridgehead atoms. The average Bonchev–Trinajstić information content (AvgIpc) is 2.54. The van der Waals surface area contributed by atoms with Crippen molar-refractivity contribution in [2.45, 2.75) is 56.0 Å². The van der Waals surface area contributed by atoms with E-state index in [1.54, 1.807) is 29.2 Å². The highest BCUT2D eigenvalue weighted by Crippen LogP contribution is 2.22. The van der Waals surface area contributed by atoms with Crippen LogP contribution in [0.25, 0.3) is 0 Å². The van der Waals surface area contributed by atoms with Gasteiger partial charge in [0.05, 0.1) is 10.9 Å². The minimum atomic E-state index is -3.19. The highest BCUT2D eigenvalue weighted by Gasteiger charge is 2.23. The third-order valence-corrected chi connectivity index (χ3v) is 5.72. The fourth-order valence-corrected chi connectivity index (χ4v) is 3.64. The summed E-state index contributed by atoms with van der Waals surface area (Å²) >= 11 is 0. The van der Waals surface area contributed by atoms with Crippen LogP contribution in [0, 0.1) is 0 Å². The first-order chi connectivity index (χ1) is 10.8. The van der Waals surface area contributed by atoms with Crippen LogP contribution in [0.15, 0.2) is 29.2 Å². The topological polar surface area (TPSA) is 66.5 Å². The number of nitrogens with one attached hydrogen (secondary N) is 1. The van der Waals surface area contributed by atoms with Gasteiger partial charge in [0.25, 0.3) is 0 Å². The summed E-state index contributed by atoms with van der Waals surface area (Å²) in [6, 6.07) is 6.75. The van der Waals surface area contributed by atoms with Crippen LogP contribution in [-0.2, 0) is 9.84 Å². The van der Waals surface area contributed by atoms with Gasteiger partial charge < -0.3 is 10.2 Å². The molecule has 1 fully saturated rings. The number of urea groups is 1. The number of benzene rings is 1. The molecule has 6 heteroatoms. The second kappa shape index (κ2) is 7.34. The Morgan fingerprint density at radius 2 is 1.74 bits per heavy atom. The molecule has 1 unspecified atom stereocenters. The Labute approximate surface area is 139 Å². The maximum atomic E-state index is 12.4. The van der Waals surface area contributed by atoms with Gasteiger partial charge in [-0.3, -0.25) is 0 Å². The standard InChI is InChI=1S/C17H26N2O3S/c1-13(14-9-11-16(12-10-14)23(3,21)22)18-17(20)19(2)15-7-5-4-6-8-15/h9-13,15H,4-8H2,1-3H3,(H,18,20). The van der Waals surface area contributed by atoms with Crippen LogP contribution in [0.3, 0.4) is 0 Å². The summed E-state index contributed by atoms with van der Waals surface area (Å²) < 4.78 is 23.0. The summed E-state index contributed by atoms with van der Waals surface area (Å²) in [5, 5.41) is 2.99. The van der Waals surface area contributed by atoms with E-state index in [0.717, 1.165) is 18.4 Å². The predicted octanol–water partition coefficient (Wildman–Crippen LogP) is 3.13. The van der Waals surface area contributed by atoms with Crippen molar-refractivity contribution in [3.05, 3.63) is 29.8 Å². The smallest absolute Gasteiger partial charge is 0.317 e. The van der Waals surface area contributed by atoms with Crippen molar-refractivity contribution in [3.8, 4) is 0 Å². The van der Waals surface area contributed by atoms with Crippen molar-refractivity contribution in [2.75, 3.05) is 13.3 Å². The molecule has 1 aliphatic carbocycles. The molecule has 1 N–H and O–H groups in total. The number of amides is 2. The number of hydrogen-bond acceptors (Lipinski definition) is 3. The van der Waals surface area contributed by atoms with Gasteiger partial charge in [0.1, 0.15) is 0 Å². The molecule has 5 nitrogen and oxygen atoms in total. The van der Waals surface area contributed by atoms with E-state index in [1.165, 1.54) is 25.5 Å². The van der Waals surface area contributed by atoms with Crippen molar-refractivity contribution in [2.24, 2.45) is 0 Å². The number of carbonyl (C=O) groups excluding carboxylic acids is 1. The van der Waals surface area contributed by atoms with E-state index in [-0.39, 0.29) is 12.1 Å². The molecular formula is C17H26N2O3S. The van der Waals surface area contributed by atoms with Gasteiger partial charge in [-0.15, -0.1) is 0 Å². The Hall–Kier alpha value is -1.56. The van der Waals surface area contributed by atoms with Crippen molar-refractivity contribution in [3.63, 3.8) is 0 Å². The van der Waals surface area contributed by atoms with Crippen molar-refractivity contribution in [1.82, 2.24) is 10.2 Å². The van der Waals surface area contributed by atoms with E-state index >= 15 is 0 Å². The monoisotopic (exact) mass is 338 g/mol. The maximum Gasteiger partial charge on any atom is 0.317 e. The highest BCUT2D eigenvalue weighted by molar-refractivity contribution is 7.90. The fourth-order valence-electron chi connectivity index (χ4n) is 3.01. The van der Waals surface area contributed by atoms with Crippen LogP contribution in [0.2, 0.25) is 0 Å². The van der Waals surface area contributed by atoms with Crippen molar-refractivity contribution >= 4 is 15.9 Å². The van der Waals surface area contributed by atoms with Crippen molar-refractivity contribution < 1.29 is 13.2 Å². The van der Waals surface area contributed by atoms with Gasteiger partial charge in [-0.05, 0) is 37.5 Å². The van der Waals surface area contributed by atoms with Crippen LogP contribution in [0.1, 0.15) is 50.6 Å². The van der Waals surface area contributed by atoms with Gasteiger partial charge in [0.2, 0.25) is 0 Å². The minimum absolute atomic E-state index is 0.0726. The Kier molecular flexibility index (Phi) is 5.68. The zero-order chi connectivity index (χ0) is 17.0. The van der Waals surface area contributed by atoms with Gasteiger partial charge in [-0.1, -0.05) is 31.4 Å². The molecule has 0 saturated heterocycles. The summed E-state index contributed by atoms with van der Waals surface area (Å²) in [7, 11) is -1.34. The van der Waals surface area contributed by atoms with E-state index in [0.29, 0.717) is 10.9 Å². The number of nitrogens with zero attached hydrogens (tertiary/aromatic N) is 1. The van der Waals surface area contributed by atoms with E-state index in [2.05, 4.69) is 5.32 Å². The molecule has 128 valence electrons. The number of carbonyl (C=O) groups is 1. The highest BCUT2D eigenvalue weighted by atomic mass is 32.2. The lowest BCUT2D eigenvalue weighted by molar-refractivity contribution is 0.171. The number of hydrogen-bond donors (Lipinski definition) is 1. The van der Waals surface area contributed by atoms with Gasteiger partial charge >= 0.3 is 6.03 Å². The second-order valence-electron chi connectivity index (χ2n) is 6.42. The van der Waals surface area contributed by atoms with Crippen LogP contribution < -0.4 is 5.32 Å². The first-order valence-electron chi connectivity index (χ1n) is 8.12. The maximum absolute atomic E-state index is 12.4. The molecular weight excluding hydrogens is 312 g/mol. The Balaban J connectivity index is 1.97. The molecule has 1 aromatic carbocycles. The van der Waals surface area contributed by atoms with Crippen LogP contribution in [0.5, 0.6) is 0 Å². The normalized spacial score (nSPS) is 17.5. The third-order valence-electron chi connectivity index (χ3n) is 4.59. The molecule has 1 atom stereocenters. The van der Waals surface area contributed by atoms with Gasteiger partial charge in [-0.2, -0.15) is 0 Å². The van der Waals surface area contributed by atoms with E-state index in [1.807, 2.05) is 14.0 Å². The SMILES string of the molecule is CC(NC(=O)N(C)C1CCCCC1)c1ccc(S(C)(=O)=O)cc1. The summed E-state index contributed by atoms with van der Waals surface area (Å²) in [6.45, 7) is 1.90.